The van der Waals surface area contributed by atoms with Gasteiger partial charge in [-0.25, -0.2) is 9.97 Å². The van der Waals surface area contributed by atoms with Gasteiger partial charge in [0.1, 0.15) is 10.4 Å². The number of halogens is 1. The second-order valence-electron chi connectivity index (χ2n) is 4.05. The van der Waals surface area contributed by atoms with Gasteiger partial charge in [0, 0.05) is 6.07 Å². The van der Waals surface area contributed by atoms with Crippen LogP contribution >= 0.6 is 27.3 Å². The number of thiazole rings is 1. The first-order chi connectivity index (χ1) is 9.10. The van der Waals surface area contributed by atoms with Crippen molar-refractivity contribution in [1.29, 1.82) is 0 Å². The van der Waals surface area contributed by atoms with Crippen LogP contribution in [0.25, 0.3) is 10.2 Å². The van der Waals surface area contributed by atoms with Crippen LogP contribution in [0.2, 0.25) is 0 Å². The van der Waals surface area contributed by atoms with Crippen LogP contribution in [0.15, 0.2) is 28.9 Å². The molecule has 2 heterocycles. The summed E-state index contributed by atoms with van der Waals surface area (Å²) in [5.41, 5.74) is 7.84. The molecule has 19 heavy (non-hydrogen) atoms. The summed E-state index contributed by atoms with van der Waals surface area (Å²) in [6, 6.07) is 7.79. The molecule has 0 atom stereocenters. The van der Waals surface area contributed by atoms with E-state index >= 15 is 0 Å². The van der Waals surface area contributed by atoms with Gasteiger partial charge >= 0.3 is 0 Å². The van der Waals surface area contributed by atoms with Crippen molar-refractivity contribution in [2.75, 3.05) is 11.1 Å². The number of aromatic nitrogens is 3. The lowest BCUT2D eigenvalue weighted by Gasteiger charge is -2.01. The van der Waals surface area contributed by atoms with E-state index in [2.05, 4.69) is 49.2 Å². The van der Waals surface area contributed by atoms with Gasteiger partial charge in [-0.05, 0) is 40.5 Å². The summed E-state index contributed by atoms with van der Waals surface area (Å²) in [7, 11) is 0. The van der Waals surface area contributed by atoms with Crippen molar-refractivity contribution in [1.82, 2.24) is 15.0 Å². The molecule has 0 radical (unpaired) electrons. The van der Waals surface area contributed by atoms with Gasteiger partial charge in [-0.2, -0.15) is 4.98 Å². The van der Waals surface area contributed by atoms with Crippen molar-refractivity contribution in [2.45, 2.75) is 6.92 Å². The van der Waals surface area contributed by atoms with Gasteiger partial charge in [-0.1, -0.05) is 17.4 Å². The number of nitrogen functional groups attached to an aromatic ring is 1. The highest BCUT2D eigenvalue weighted by Gasteiger charge is 2.07. The molecule has 0 unspecified atom stereocenters. The van der Waals surface area contributed by atoms with Crippen LogP contribution < -0.4 is 11.1 Å². The molecule has 3 aromatic rings. The zero-order valence-electron chi connectivity index (χ0n) is 10.0. The predicted octanol–water partition coefficient (Wildman–Crippen LogP) is 3.48. The molecule has 0 saturated heterocycles. The molecule has 3 rings (SSSR count). The first-order valence-corrected chi connectivity index (χ1v) is 7.15. The van der Waals surface area contributed by atoms with E-state index < -0.39 is 0 Å². The lowest BCUT2D eigenvalue weighted by Crippen LogP contribution is -2.00. The number of benzene rings is 1. The largest absolute Gasteiger partial charge is 0.383 e. The van der Waals surface area contributed by atoms with Crippen molar-refractivity contribution in [3.63, 3.8) is 0 Å². The number of hydrogen-bond donors (Lipinski definition) is 2. The summed E-state index contributed by atoms with van der Waals surface area (Å²) in [6.45, 7) is 2.06. The monoisotopic (exact) mass is 335 g/mol. The third-order valence-electron chi connectivity index (χ3n) is 2.48. The maximum absolute atomic E-state index is 5.67. The van der Waals surface area contributed by atoms with Crippen molar-refractivity contribution >= 4 is 54.4 Å². The fourth-order valence-corrected chi connectivity index (χ4v) is 3.03. The molecule has 7 heteroatoms. The van der Waals surface area contributed by atoms with Crippen LogP contribution in [-0.2, 0) is 0 Å². The Morgan fingerprint density at radius 3 is 2.84 bits per heavy atom. The number of hydrogen-bond acceptors (Lipinski definition) is 6. The van der Waals surface area contributed by atoms with Gasteiger partial charge in [0.25, 0.3) is 0 Å². The molecule has 5 nitrogen and oxygen atoms in total. The van der Waals surface area contributed by atoms with Gasteiger partial charge in [-0.15, -0.1) is 0 Å². The molecular formula is C12H10BrN5S. The van der Waals surface area contributed by atoms with E-state index in [1.807, 2.05) is 12.1 Å². The number of nitrogens with one attached hydrogen (secondary N) is 1. The van der Waals surface area contributed by atoms with Crippen LogP contribution in [0, 0.1) is 6.92 Å². The Kier molecular flexibility index (Phi) is 3.08. The smallest absolute Gasteiger partial charge is 0.232 e. The van der Waals surface area contributed by atoms with Gasteiger partial charge < -0.3 is 5.73 Å². The van der Waals surface area contributed by atoms with Gasteiger partial charge in [0.05, 0.1) is 10.2 Å². The Morgan fingerprint density at radius 2 is 2.05 bits per heavy atom. The molecule has 0 fully saturated rings. The van der Waals surface area contributed by atoms with E-state index in [0.29, 0.717) is 16.4 Å². The highest BCUT2D eigenvalue weighted by Crippen LogP contribution is 2.28. The summed E-state index contributed by atoms with van der Waals surface area (Å²) >= 11 is 4.84. The minimum absolute atomic E-state index is 0.404. The Morgan fingerprint density at radius 1 is 1.21 bits per heavy atom. The van der Waals surface area contributed by atoms with E-state index in [1.54, 1.807) is 17.4 Å². The molecule has 0 saturated carbocycles. The minimum Gasteiger partial charge on any atom is -0.383 e. The van der Waals surface area contributed by atoms with Crippen LogP contribution in [0.1, 0.15) is 5.56 Å². The molecule has 0 bridgehead atoms. The molecule has 96 valence electrons. The molecule has 1 aromatic carbocycles. The third-order valence-corrected chi connectivity index (χ3v) is 3.82. The van der Waals surface area contributed by atoms with Gasteiger partial charge in [-0.3, -0.25) is 5.32 Å². The topological polar surface area (TPSA) is 76.7 Å². The quantitative estimate of drug-likeness (QED) is 0.701. The number of nitrogens with zero attached hydrogens (tertiary/aromatic N) is 3. The van der Waals surface area contributed by atoms with Crippen LogP contribution in [0.3, 0.4) is 0 Å². The van der Waals surface area contributed by atoms with E-state index in [4.69, 9.17) is 5.73 Å². The van der Waals surface area contributed by atoms with Crippen molar-refractivity contribution in [3.05, 3.63) is 34.4 Å². The molecule has 0 amide bonds. The summed E-state index contributed by atoms with van der Waals surface area (Å²) in [6.07, 6.45) is 0. The number of anilines is 3. The second kappa shape index (κ2) is 4.75. The van der Waals surface area contributed by atoms with Crippen molar-refractivity contribution in [3.8, 4) is 0 Å². The molecule has 0 aliphatic heterocycles. The average molecular weight is 336 g/mol. The summed E-state index contributed by atoms with van der Waals surface area (Å²) in [4.78, 5) is 12.8. The molecule has 2 aromatic heterocycles. The first-order valence-electron chi connectivity index (χ1n) is 5.54. The van der Waals surface area contributed by atoms with Gasteiger partial charge in [0.15, 0.2) is 5.13 Å². The Balaban J connectivity index is 1.96. The van der Waals surface area contributed by atoms with E-state index in [1.165, 1.54) is 5.56 Å². The highest BCUT2D eigenvalue weighted by molar-refractivity contribution is 9.10. The van der Waals surface area contributed by atoms with E-state index in [-0.39, 0.29) is 0 Å². The molecular weight excluding hydrogens is 326 g/mol. The Labute approximate surface area is 122 Å². The normalized spacial score (nSPS) is 10.8. The number of nitrogens with two attached hydrogens (primary N) is 1. The molecule has 0 spiro atoms. The predicted molar refractivity (Wildman–Crippen MR) is 81.8 cm³/mol. The number of rotatable bonds is 2. The third kappa shape index (κ3) is 2.66. The lowest BCUT2D eigenvalue weighted by atomic mass is 10.2. The zero-order valence-corrected chi connectivity index (χ0v) is 12.4. The van der Waals surface area contributed by atoms with Crippen LogP contribution in [-0.4, -0.2) is 15.0 Å². The van der Waals surface area contributed by atoms with E-state index in [9.17, 15) is 0 Å². The first kappa shape index (κ1) is 12.3. The fourth-order valence-electron chi connectivity index (χ4n) is 1.67. The minimum atomic E-state index is 0.404. The van der Waals surface area contributed by atoms with Crippen molar-refractivity contribution in [2.24, 2.45) is 0 Å². The fraction of sp³-hybridized carbons (Fsp3) is 0.0833. The highest BCUT2D eigenvalue weighted by atomic mass is 79.9. The zero-order chi connectivity index (χ0) is 13.4. The second-order valence-corrected chi connectivity index (χ2v) is 5.90. The maximum Gasteiger partial charge on any atom is 0.232 e. The van der Waals surface area contributed by atoms with E-state index in [0.717, 1.165) is 15.3 Å². The summed E-state index contributed by atoms with van der Waals surface area (Å²) in [5, 5.41) is 3.82. The van der Waals surface area contributed by atoms with Crippen LogP contribution in [0.5, 0.6) is 0 Å². The van der Waals surface area contributed by atoms with Crippen LogP contribution in [0.4, 0.5) is 16.9 Å². The summed E-state index contributed by atoms with van der Waals surface area (Å²) < 4.78 is 1.77. The Bertz CT molecular complexity index is 735. The summed E-state index contributed by atoms with van der Waals surface area (Å²) in [5.74, 6) is 0.837. The SMILES string of the molecule is Cc1ccc2nc(Nc3nc(N)cc(Br)n3)sc2c1. The molecule has 0 aliphatic rings. The average Bonchev–Trinajstić information content (AvgIpc) is 2.68. The van der Waals surface area contributed by atoms with Gasteiger partial charge in [0.2, 0.25) is 5.95 Å². The van der Waals surface area contributed by atoms with Crippen molar-refractivity contribution < 1.29 is 0 Å². The lowest BCUT2D eigenvalue weighted by molar-refractivity contribution is 1.14. The number of fused-ring (bicyclic) bond motifs is 1. The molecule has 3 N–H and O–H groups in total. The number of aryl methyl sites for hydroxylation is 1. The standard InChI is InChI=1S/C12H10BrN5S/c1-6-2-3-7-8(4-6)19-12(15-7)18-11-16-9(13)5-10(14)17-11/h2-5H,1H3,(H3,14,15,16,17,18). The Hall–Kier alpha value is -1.73. The molecule has 0 aliphatic carbocycles. The maximum atomic E-state index is 5.67.